The van der Waals surface area contributed by atoms with Crippen LogP contribution in [0.15, 0.2) is 54.6 Å². The molecule has 0 fully saturated rings. The van der Waals surface area contributed by atoms with Crippen LogP contribution in [-0.4, -0.2) is 36.3 Å². The highest BCUT2D eigenvalue weighted by Gasteiger charge is 2.33. The van der Waals surface area contributed by atoms with E-state index in [2.05, 4.69) is 17.6 Å². The Labute approximate surface area is 206 Å². The van der Waals surface area contributed by atoms with Crippen molar-refractivity contribution in [2.24, 2.45) is 0 Å². The van der Waals surface area contributed by atoms with Crippen molar-refractivity contribution < 1.29 is 22.8 Å². The van der Waals surface area contributed by atoms with Gasteiger partial charge >= 0.3 is 6.18 Å². The first-order chi connectivity index (χ1) is 16.8. The van der Waals surface area contributed by atoms with Crippen LogP contribution in [0.4, 0.5) is 24.5 Å². The molecule has 0 bridgehead atoms. The highest BCUT2D eigenvalue weighted by atomic mass is 19.4. The summed E-state index contributed by atoms with van der Waals surface area (Å²) in [6, 6.07) is 14.1. The van der Waals surface area contributed by atoms with Gasteiger partial charge in [0.05, 0.1) is 11.3 Å². The zero-order valence-electron chi connectivity index (χ0n) is 20.4. The number of anilines is 2. The van der Waals surface area contributed by atoms with Crippen molar-refractivity contribution in [1.29, 1.82) is 0 Å². The topological polar surface area (TPSA) is 61.4 Å². The zero-order chi connectivity index (χ0) is 25.5. The Morgan fingerprint density at radius 3 is 1.97 bits per heavy atom. The van der Waals surface area contributed by atoms with E-state index in [1.807, 2.05) is 35.2 Å². The number of halogens is 3. The lowest BCUT2D eigenvalue weighted by Crippen LogP contribution is -2.32. The van der Waals surface area contributed by atoms with Gasteiger partial charge in [-0.1, -0.05) is 69.4 Å². The normalized spacial score (nSPS) is 11.5. The Hall–Kier alpha value is -2.87. The van der Waals surface area contributed by atoms with E-state index in [1.165, 1.54) is 37.5 Å². The van der Waals surface area contributed by atoms with E-state index in [4.69, 9.17) is 0 Å². The highest BCUT2D eigenvalue weighted by Crippen LogP contribution is 2.34. The number of hydrogen-bond acceptors (Lipinski definition) is 3. The summed E-state index contributed by atoms with van der Waals surface area (Å²) in [5.41, 5.74) is -0.382. The summed E-state index contributed by atoms with van der Waals surface area (Å²) in [4.78, 5) is 26.8. The molecule has 0 atom stereocenters. The number of carbonyl (C=O) groups is 2. The first-order valence-electron chi connectivity index (χ1n) is 12.3. The molecule has 2 amide bonds. The van der Waals surface area contributed by atoms with Crippen molar-refractivity contribution in [3.63, 3.8) is 0 Å². The Morgan fingerprint density at radius 2 is 1.31 bits per heavy atom. The van der Waals surface area contributed by atoms with Gasteiger partial charge in [-0.05, 0) is 37.2 Å². The third-order valence-corrected chi connectivity index (χ3v) is 5.70. The summed E-state index contributed by atoms with van der Waals surface area (Å²) >= 11 is 0. The van der Waals surface area contributed by atoms with E-state index in [0.29, 0.717) is 13.1 Å². The average Bonchev–Trinajstić information content (AvgIpc) is 2.82. The SMILES string of the molecule is CCCCCCCCN(CCC(=O)Nc1ccccc1)CCC(=O)Nc1ccccc1C(F)(F)F. The number of rotatable bonds is 15. The molecule has 192 valence electrons. The molecule has 0 unspecified atom stereocenters. The molecule has 0 saturated heterocycles. The number of para-hydroxylation sites is 2. The summed E-state index contributed by atoms with van der Waals surface area (Å²) in [7, 11) is 0. The molecule has 35 heavy (non-hydrogen) atoms. The second kappa shape index (κ2) is 15.2. The van der Waals surface area contributed by atoms with Gasteiger partial charge in [0.2, 0.25) is 11.8 Å². The summed E-state index contributed by atoms with van der Waals surface area (Å²) in [6.45, 7) is 3.74. The highest BCUT2D eigenvalue weighted by molar-refractivity contribution is 5.92. The minimum Gasteiger partial charge on any atom is -0.326 e. The first kappa shape index (κ1) is 28.4. The number of amides is 2. The number of hydrogen-bond donors (Lipinski definition) is 2. The maximum atomic E-state index is 13.2. The quantitative estimate of drug-likeness (QED) is 0.272. The fraction of sp³-hybridized carbons (Fsp3) is 0.481. The van der Waals surface area contributed by atoms with Crippen molar-refractivity contribution in [2.75, 3.05) is 30.3 Å². The van der Waals surface area contributed by atoms with Crippen LogP contribution in [0.1, 0.15) is 63.9 Å². The fourth-order valence-corrected chi connectivity index (χ4v) is 3.77. The van der Waals surface area contributed by atoms with Gasteiger partial charge < -0.3 is 15.5 Å². The molecule has 0 aliphatic carbocycles. The van der Waals surface area contributed by atoms with E-state index in [1.54, 1.807) is 0 Å². The van der Waals surface area contributed by atoms with Gasteiger partial charge in [0, 0.05) is 31.6 Å². The van der Waals surface area contributed by atoms with E-state index in [-0.39, 0.29) is 24.4 Å². The number of benzene rings is 2. The molecule has 0 heterocycles. The lowest BCUT2D eigenvalue weighted by molar-refractivity contribution is -0.137. The summed E-state index contributed by atoms with van der Waals surface area (Å²) < 4.78 is 39.6. The van der Waals surface area contributed by atoms with Gasteiger partial charge in [0.1, 0.15) is 0 Å². The van der Waals surface area contributed by atoms with Crippen molar-refractivity contribution >= 4 is 23.2 Å². The first-order valence-corrected chi connectivity index (χ1v) is 12.3. The summed E-state index contributed by atoms with van der Waals surface area (Å²) in [5, 5.41) is 5.25. The van der Waals surface area contributed by atoms with Gasteiger partial charge in [-0.25, -0.2) is 0 Å². The molecule has 2 N–H and O–H groups in total. The minimum absolute atomic E-state index is 0.0440. The van der Waals surface area contributed by atoms with Crippen LogP contribution in [0, 0.1) is 0 Å². The lowest BCUT2D eigenvalue weighted by Gasteiger charge is -2.22. The fourth-order valence-electron chi connectivity index (χ4n) is 3.77. The predicted octanol–water partition coefficient (Wildman–Crippen LogP) is 6.73. The van der Waals surface area contributed by atoms with Crippen LogP contribution in [0.2, 0.25) is 0 Å². The van der Waals surface area contributed by atoms with Crippen LogP contribution in [0.25, 0.3) is 0 Å². The van der Waals surface area contributed by atoms with E-state index < -0.39 is 17.6 Å². The van der Waals surface area contributed by atoms with E-state index >= 15 is 0 Å². The molecule has 0 aliphatic heterocycles. The third-order valence-electron chi connectivity index (χ3n) is 5.70. The molecule has 0 aromatic heterocycles. The molecule has 8 heteroatoms. The predicted molar refractivity (Wildman–Crippen MR) is 134 cm³/mol. The second-order valence-corrected chi connectivity index (χ2v) is 8.62. The Bertz CT molecular complexity index is 904. The molecule has 2 aromatic rings. The molecular formula is C27H36F3N3O2. The van der Waals surface area contributed by atoms with Crippen LogP contribution in [0.5, 0.6) is 0 Å². The third kappa shape index (κ3) is 11.4. The number of nitrogens with one attached hydrogen (secondary N) is 2. The molecule has 0 saturated carbocycles. The second-order valence-electron chi connectivity index (χ2n) is 8.62. The smallest absolute Gasteiger partial charge is 0.326 e. The van der Waals surface area contributed by atoms with Gasteiger partial charge in [0.15, 0.2) is 0 Å². The maximum Gasteiger partial charge on any atom is 0.418 e. The zero-order valence-corrected chi connectivity index (χ0v) is 20.4. The number of carbonyl (C=O) groups excluding carboxylic acids is 2. The van der Waals surface area contributed by atoms with Crippen LogP contribution in [0.3, 0.4) is 0 Å². The standard InChI is InChI=1S/C27H36F3N3O2/c1-2-3-4-5-6-12-19-33(20-17-25(34)31-22-13-8-7-9-14-22)21-18-26(35)32-24-16-11-10-15-23(24)27(28,29)30/h7-11,13-16H,2-6,12,17-21H2,1H3,(H,31,34)(H,32,35). The molecule has 2 aromatic carbocycles. The van der Waals surface area contributed by atoms with Crippen LogP contribution < -0.4 is 10.6 Å². The van der Waals surface area contributed by atoms with E-state index in [9.17, 15) is 22.8 Å². The van der Waals surface area contributed by atoms with Crippen molar-refractivity contribution in [2.45, 2.75) is 64.5 Å². The van der Waals surface area contributed by atoms with Crippen LogP contribution in [-0.2, 0) is 15.8 Å². The number of alkyl halides is 3. The largest absolute Gasteiger partial charge is 0.418 e. The maximum absolute atomic E-state index is 13.2. The molecule has 0 aliphatic rings. The molecule has 5 nitrogen and oxygen atoms in total. The van der Waals surface area contributed by atoms with Gasteiger partial charge in [-0.3, -0.25) is 9.59 Å². The van der Waals surface area contributed by atoms with Crippen molar-refractivity contribution in [3.05, 3.63) is 60.2 Å². The van der Waals surface area contributed by atoms with Crippen molar-refractivity contribution in [3.8, 4) is 0 Å². The van der Waals surface area contributed by atoms with Crippen molar-refractivity contribution in [1.82, 2.24) is 4.90 Å². The molecule has 0 radical (unpaired) electrons. The van der Waals surface area contributed by atoms with E-state index in [0.717, 1.165) is 37.6 Å². The molecular weight excluding hydrogens is 455 g/mol. The van der Waals surface area contributed by atoms with Gasteiger partial charge in [-0.2, -0.15) is 13.2 Å². The minimum atomic E-state index is -4.54. The van der Waals surface area contributed by atoms with Crippen LogP contribution >= 0.6 is 0 Å². The van der Waals surface area contributed by atoms with Gasteiger partial charge in [0.25, 0.3) is 0 Å². The van der Waals surface area contributed by atoms with Gasteiger partial charge in [-0.15, -0.1) is 0 Å². The lowest BCUT2D eigenvalue weighted by atomic mass is 10.1. The Kier molecular flexibility index (Phi) is 12.3. The Balaban J connectivity index is 1.88. The average molecular weight is 492 g/mol. The molecule has 2 rings (SSSR count). The summed E-state index contributed by atoms with van der Waals surface area (Å²) in [5.74, 6) is -0.601. The number of unbranched alkanes of at least 4 members (excludes halogenated alkanes) is 5. The number of nitrogens with zero attached hydrogens (tertiary/aromatic N) is 1. The molecule has 0 spiro atoms. The monoisotopic (exact) mass is 491 g/mol. The summed E-state index contributed by atoms with van der Waals surface area (Å²) in [6.07, 6.45) is 2.51. The Morgan fingerprint density at radius 1 is 0.743 bits per heavy atom.